The topological polar surface area (TPSA) is 60.3 Å². The fourth-order valence-electron chi connectivity index (χ4n) is 4.96. The molecule has 0 fully saturated rings. The van der Waals surface area contributed by atoms with Crippen LogP contribution >= 0.6 is 23.1 Å². The van der Waals surface area contributed by atoms with E-state index in [-0.39, 0.29) is 17.1 Å². The summed E-state index contributed by atoms with van der Waals surface area (Å²) in [5, 5.41) is 4.48. The molecule has 192 valence electrons. The highest BCUT2D eigenvalue weighted by molar-refractivity contribution is 8.00. The van der Waals surface area contributed by atoms with Gasteiger partial charge in [-0.3, -0.25) is 4.79 Å². The van der Waals surface area contributed by atoms with Crippen LogP contribution in [-0.2, 0) is 28.9 Å². The Morgan fingerprint density at radius 2 is 1.97 bits per heavy atom. The third kappa shape index (κ3) is 5.20. The number of carbonyl (C=O) groups is 2. The maximum absolute atomic E-state index is 13.3. The highest BCUT2D eigenvalue weighted by Gasteiger charge is 2.29. The highest BCUT2D eigenvalue weighted by atomic mass is 32.2. The number of aryl methyl sites for hydroxylation is 3. The Hall–Kier alpha value is -3.03. The van der Waals surface area contributed by atoms with E-state index in [2.05, 4.69) is 66.3 Å². The molecule has 0 spiro atoms. The number of esters is 1. The lowest BCUT2D eigenvalue weighted by atomic mass is 10.1. The summed E-state index contributed by atoms with van der Waals surface area (Å²) in [7, 11) is 0. The molecule has 2 heterocycles. The molecule has 5 nitrogen and oxygen atoms in total. The second kappa shape index (κ2) is 10.8. The van der Waals surface area contributed by atoms with E-state index in [0.29, 0.717) is 17.2 Å². The second-order valence-electron chi connectivity index (χ2n) is 9.60. The Bertz CT molecular complexity index is 1480. The number of thiophene rings is 1. The lowest BCUT2D eigenvalue weighted by Gasteiger charge is -2.12. The van der Waals surface area contributed by atoms with E-state index in [4.69, 9.17) is 4.74 Å². The summed E-state index contributed by atoms with van der Waals surface area (Å²) in [6.07, 6.45) is 5.01. The number of benzene rings is 2. The fraction of sp³-hybridized carbons (Fsp3) is 0.333. The molecular weight excluding hydrogens is 500 g/mol. The van der Waals surface area contributed by atoms with Gasteiger partial charge in [0, 0.05) is 33.4 Å². The average Bonchev–Trinajstić information content (AvgIpc) is 3.55. The monoisotopic (exact) mass is 532 g/mol. The number of nitrogens with zero attached hydrogens (tertiary/aromatic N) is 1. The molecule has 1 N–H and O–H groups in total. The molecule has 37 heavy (non-hydrogen) atoms. The van der Waals surface area contributed by atoms with Crippen LogP contribution in [0.15, 0.2) is 53.6 Å². The zero-order chi connectivity index (χ0) is 26.1. The molecule has 4 aromatic rings. The number of thioether (sulfide) groups is 1. The van der Waals surface area contributed by atoms with Gasteiger partial charge in [0.2, 0.25) is 5.91 Å². The Morgan fingerprint density at radius 3 is 2.78 bits per heavy atom. The zero-order valence-electron chi connectivity index (χ0n) is 21.7. The zero-order valence-corrected chi connectivity index (χ0v) is 23.4. The average molecular weight is 533 g/mol. The van der Waals surface area contributed by atoms with Gasteiger partial charge in [-0.25, -0.2) is 4.79 Å². The number of aromatic nitrogens is 1. The molecule has 1 aliphatic rings. The van der Waals surface area contributed by atoms with Crippen molar-refractivity contribution in [2.75, 3.05) is 11.9 Å². The number of hydrogen-bond acceptors (Lipinski definition) is 5. The molecule has 0 aliphatic heterocycles. The van der Waals surface area contributed by atoms with Gasteiger partial charge in [0.1, 0.15) is 5.00 Å². The van der Waals surface area contributed by atoms with Crippen LogP contribution in [0.25, 0.3) is 10.9 Å². The minimum Gasteiger partial charge on any atom is -0.462 e. The number of amides is 1. The van der Waals surface area contributed by atoms with Gasteiger partial charge in [0.15, 0.2) is 0 Å². The van der Waals surface area contributed by atoms with E-state index in [1.807, 2.05) is 13.0 Å². The number of nitrogens with one attached hydrogen (secondary N) is 1. The quantitative estimate of drug-likeness (QED) is 0.193. The fourth-order valence-corrected chi connectivity index (χ4v) is 7.28. The molecule has 1 amide bonds. The molecule has 0 bridgehead atoms. The largest absolute Gasteiger partial charge is 0.462 e. The maximum Gasteiger partial charge on any atom is 0.341 e. The first-order valence-electron chi connectivity index (χ1n) is 12.8. The standard InChI is InChI=1S/C30H32N2O3S2/c1-5-35-30(34)27-23-10-8-12-25(23)37-29(27)31-28(33)20(4)36-26-17-32(24-11-7-6-9-22(24)26)16-21-15-18(2)13-14-19(21)3/h6-7,9,11,13-15,17,20H,5,8,10,12,16H2,1-4H3,(H,31,33)/t20-/m1/s1. The number of fused-ring (bicyclic) bond motifs is 2. The lowest BCUT2D eigenvalue weighted by molar-refractivity contribution is -0.115. The highest BCUT2D eigenvalue weighted by Crippen LogP contribution is 2.40. The number of para-hydroxylation sites is 1. The minimum atomic E-state index is -0.341. The molecule has 2 aromatic heterocycles. The Balaban J connectivity index is 1.38. The van der Waals surface area contributed by atoms with Gasteiger partial charge >= 0.3 is 5.97 Å². The van der Waals surface area contributed by atoms with E-state index in [0.717, 1.165) is 47.2 Å². The molecule has 1 aliphatic carbocycles. The van der Waals surface area contributed by atoms with Gasteiger partial charge in [-0.1, -0.05) is 42.0 Å². The van der Waals surface area contributed by atoms with Crippen LogP contribution in [0.4, 0.5) is 5.00 Å². The van der Waals surface area contributed by atoms with E-state index >= 15 is 0 Å². The minimum absolute atomic E-state index is 0.109. The smallest absolute Gasteiger partial charge is 0.341 e. The summed E-state index contributed by atoms with van der Waals surface area (Å²) in [5.41, 5.74) is 6.56. The molecule has 5 rings (SSSR count). The van der Waals surface area contributed by atoms with Gasteiger partial charge in [0.25, 0.3) is 0 Å². The molecule has 0 radical (unpaired) electrons. The lowest BCUT2D eigenvalue weighted by Crippen LogP contribution is -2.23. The first kappa shape index (κ1) is 25.6. The molecule has 0 unspecified atom stereocenters. The maximum atomic E-state index is 13.3. The molecule has 7 heteroatoms. The molecular formula is C30H32N2O3S2. The van der Waals surface area contributed by atoms with Crippen molar-refractivity contribution < 1.29 is 14.3 Å². The molecule has 1 atom stereocenters. The van der Waals surface area contributed by atoms with Crippen molar-refractivity contribution in [2.24, 2.45) is 0 Å². The first-order valence-corrected chi connectivity index (χ1v) is 14.5. The summed E-state index contributed by atoms with van der Waals surface area (Å²) < 4.78 is 7.58. The SMILES string of the molecule is CCOC(=O)c1c(NC(=O)[C@@H](C)Sc2cn(Cc3cc(C)ccc3C)c3ccccc23)sc2c1CCC2. The number of carbonyl (C=O) groups excluding carboxylic acids is 2. The third-order valence-electron chi connectivity index (χ3n) is 6.91. The third-order valence-corrected chi connectivity index (χ3v) is 9.26. The van der Waals surface area contributed by atoms with Gasteiger partial charge in [-0.2, -0.15) is 0 Å². The van der Waals surface area contributed by atoms with Crippen molar-refractivity contribution in [1.82, 2.24) is 4.57 Å². The second-order valence-corrected chi connectivity index (χ2v) is 12.1. The summed E-state index contributed by atoms with van der Waals surface area (Å²) in [6.45, 7) is 9.08. The summed E-state index contributed by atoms with van der Waals surface area (Å²) in [5.74, 6) is -0.450. The Morgan fingerprint density at radius 1 is 1.16 bits per heavy atom. The summed E-state index contributed by atoms with van der Waals surface area (Å²) in [4.78, 5) is 28.3. The van der Waals surface area contributed by atoms with Crippen molar-refractivity contribution in [3.05, 3.63) is 81.4 Å². The van der Waals surface area contributed by atoms with Crippen LogP contribution in [0.1, 0.15) is 57.8 Å². The number of hydrogen-bond donors (Lipinski definition) is 1. The van der Waals surface area contributed by atoms with Crippen LogP contribution in [0.2, 0.25) is 0 Å². The Kier molecular flexibility index (Phi) is 7.45. The van der Waals surface area contributed by atoms with Crippen LogP contribution in [0, 0.1) is 13.8 Å². The van der Waals surface area contributed by atoms with E-state index < -0.39 is 0 Å². The number of ether oxygens (including phenoxy) is 1. The van der Waals surface area contributed by atoms with Gasteiger partial charge in [0.05, 0.1) is 17.4 Å². The van der Waals surface area contributed by atoms with Crippen molar-refractivity contribution >= 4 is 50.9 Å². The van der Waals surface area contributed by atoms with Gasteiger partial charge in [-0.05, 0) is 69.7 Å². The van der Waals surface area contributed by atoms with E-state index in [1.165, 1.54) is 32.9 Å². The van der Waals surface area contributed by atoms with Crippen LogP contribution in [-0.4, -0.2) is 28.3 Å². The van der Waals surface area contributed by atoms with Gasteiger partial charge in [-0.15, -0.1) is 23.1 Å². The van der Waals surface area contributed by atoms with Gasteiger partial charge < -0.3 is 14.6 Å². The van der Waals surface area contributed by atoms with Crippen LogP contribution in [0.5, 0.6) is 0 Å². The number of anilines is 1. The van der Waals surface area contributed by atoms with Crippen LogP contribution in [0.3, 0.4) is 0 Å². The predicted molar refractivity (Wildman–Crippen MR) is 153 cm³/mol. The van der Waals surface area contributed by atoms with Crippen molar-refractivity contribution in [3.8, 4) is 0 Å². The van der Waals surface area contributed by atoms with E-state index in [1.54, 1.807) is 18.7 Å². The first-order chi connectivity index (χ1) is 17.9. The van der Waals surface area contributed by atoms with Crippen molar-refractivity contribution in [3.63, 3.8) is 0 Å². The van der Waals surface area contributed by atoms with Crippen molar-refractivity contribution in [1.29, 1.82) is 0 Å². The molecule has 2 aromatic carbocycles. The number of rotatable bonds is 8. The molecule has 0 saturated heterocycles. The molecule has 0 saturated carbocycles. The summed E-state index contributed by atoms with van der Waals surface area (Å²) in [6, 6.07) is 14.9. The predicted octanol–water partition coefficient (Wildman–Crippen LogP) is 7.15. The van der Waals surface area contributed by atoms with E-state index in [9.17, 15) is 9.59 Å². The van der Waals surface area contributed by atoms with Crippen LogP contribution < -0.4 is 5.32 Å². The normalized spacial score (nSPS) is 13.5. The van der Waals surface area contributed by atoms with Crippen molar-refractivity contribution in [2.45, 2.75) is 63.6 Å². The summed E-state index contributed by atoms with van der Waals surface area (Å²) >= 11 is 3.07. The Labute approximate surface area is 226 Å².